The molecule has 2 heterocycles. The van der Waals surface area contributed by atoms with Crippen molar-refractivity contribution in [2.45, 2.75) is 6.92 Å². The predicted molar refractivity (Wildman–Crippen MR) is 52.9 cm³/mol. The molecule has 0 aromatic carbocycles. The normalized spacial score (nSPS) is 10.3. The van der Waals surface area contributed by atoms with Gasteiger partial charge in [0.1, 0.15) is 10.7 Å². The first-order chi connectivity index (χ1) is 6.27. The van der Waals surface area contributed by atoms with Gasteiger partial charge < -0.3 is 0 Å². The topological polar surface area (TPSA) is 38.7 Å². The van der Waals surface area contributed by atoms with Crippen molar-refractivity contribution in [1.82, 2.24) is 15.2 Å². The maximum absolute atomic E-state index is 5.94. The lowest BCUT2D eigenvalue weighted by Crippen LogP contribution is -1.82. The Morgan fingerprint density at radius 1 is 1.38 bits per heavy atom. The van der Waals surface area contributed by atoms with Gasteiger partial charge in [-0.3, -0.25) is 4.98 Å². The van der Waals surface area contributed by atoms with Crippen LogP contribution in [0.3, 0.4) is 0 Å². The summed E-state index contributed by atoms with van der Waals surface area (Å²) >= 11 is 7.43. The molecule has 0 fully saturated rings. The van der Waals surface area contributed by atoms with E-state index in [-0.39, 0.29) is 0 Å². The first kappa shape index (κ1) is 8.59. The Bertz CT molecular complexity index is 427. The molecule has 2 aromatic heterocycles. The van der Waals surface area contributed by atoms with E-state index in [1.807, 2.05) is 6.92 Å². The Kier molecular flexibility index (Phi) is 2.24. The third-order valence-corrected chi connectivity index (χ3v) is 2.64. The molecule has 0 N–H and O–H groups in total. The van der Waals surface area contributed by atoms with Crippen molar-refractivity contribution >= 4 is 22.9 Å². The second kappa shape index (κ2) is 3.40. The lowest BCUT2D eigenvalue weighted by atomic mass is 10.4. The molecule has 2 rings (SSSR count). The fourth-order valence-corrected chi connectivity index (χ4v) is 1.90. The van der Waals surface area contributed by atoms with E-state index in [0.717, 1.165) is 10.0 Å². The van der Waals surface area contributed by atoms with Crippen molar-refractivity contribution in [2.75, 3.05) is 0 Å². The molecular weight excluding hydrogens is 206 g/mol. The Hall–Kier alpha value is -1.000. The smallest absolute Gasteiger partial charge is 0.167 e. The summed E-state index contributed by atoms with van der Waals surface area (Å²) in [6, 6.07) is 3.58. The van der Waals surface area contributed by atoms with E-state index in [0.29, 0.717) is 10.7 Å². The Balaban J connectivity index is 2.52. The van der Waals surface area contributed by atoms with Gasteiger partial charge in [0.25, 0.3) is 0 Å². The van der Waals surface area contributed by atoms with Crippen molar-refractivity contribution < 1.29 is 0 Å². The van der Waals surface area contributed by atoms with Crippen LogP contribution in [0.5, 0.6) is 0 Å². The number of rotatable bonds is 1. The summed E-state index contributed by atoms with van der Waals surface area (Å²) in [7, 11) is 0. The van der Waals surface area contributed by atoms with Crippen LogP contribution < -0.4 is 0 Å². The van der Waals surface area contributed by atoms with E-state index in [1.165, 1.54) is 11.3 Å². The number of halogens is 1. The van der Waals surface area contributed by atoms with Crippen LogP contribution in [0, 0.1) is 6.92 Å². The molecule has 2 aromatic rings. The number of aromatic nitrogens is 3. The maximum atomic E-state index is 5.94. The standard InChI is InChI=1S/C8H6ClN3S/c1-5-11-12-8(13-5)7-6(9)3-2-4-10-7/h2-4H,1H3. The number of hydrogen-bond donors (Lipinski definition) is 0. The lowest BCUT2D eigenvalue weighted by Gasteiger charge is -1.95. The minimum absolute atomic E-state index is 0.610. The van der Waals surface area contributed by atoms with Crippen molar-refractivity contribution in [2.24, 2.45) is 0 Å². The van der Waals surface area contributed by atoms with E-state index in [9.17, 15) is 0 Å². The molecule has 0 radical (unpaired) electrons. The molecular formula is C8H6ClN3S. The monoisotopic (exact) mass is 211 g/mol. The zero-order valence-electron chi connectivity index (χ0n) is 6.86. The van der Waals surface area contributed by atoms with Gasteiger partial charge in [0.05, 0.1) is 5.02 Å². The van der Waals surface area contributed by atoms with Gasteiger partial charge in [0.2, 0.25) is 0 Å². The van der Waals surface area contributed by atoms with Gasteiger partial charge in [0.15, 0.2) is 5.01 Å². The molecule has 66 valence electrons. The minimum atomic E-state index is 0.610. The summed E-state index contributed by atoms with van der Waals surface area (Å²) in [4.78, 5) is 4.14. The molecule has 0 spiro atoms. The van der Waals surface area contributed by atoms with Gasteiger partial charge in [0, 0.05) is 6.20 Å². The highest BCUT2D eigenvalue weighted by molar-refractivity contribution is 7.14. The summed E-state index contributed by atoms with van der Waals surface area (Å²) < 4.78 is 0. The lowest BCUT2D eigenvalue weighted by molar-refractivity contribution is 1.05. The quantitative estimate of drug-likeness (QED) is 0.728. The summed E-state index contributed by atoms with van der Waals surface area (Å²) in [5, 5.41) is 10.2. The molecule has 13 heavy (non-hydrogen) atoms. The summed E-state index contributed by atoms with van der Waals surface area (Å²) in [5.74, 6) is 0. The molecule has 5 heteroatoms. The highest BCUT2D eigenvalue weighted by Crippen LogP contribution is 2.27. The highest BCUT2D eigenvalue weighted by atomic mass is 35.5. The largest absolute Gasteiger partial charge is 0.252 e. The number of hydrogen-bond acceptors (Lipinski definition) is 4. The van der Waals surface area contributed by atoms with Crippen molar-refractivity contribution in [1.29, 1.82) is 0 Å². The summed E-state index contributed by atoms with van der Waals surface area (Å²) in [6.07, 6.45) is 1.69. The van der Waals surface area contributed by atoms with E-state index in [2.05, 4.69) is 15.2 Å². The van der Waals surface area contributed by atoms with E-state index in [4.69, 9.17) is 11.6 Å². The maximum Gasteiger partial charge on any atom is 0.167 e. The molecule has 0 saturated heterocycles. The molecule has 0 saturated carbocycles. The number of pyridine rings is 1. The van der Waals surface area contributed by atoms with Gasteiger partial charge in [-0.15, -0.1) is 10.2 Å². The first-order valence-electron chi connectivity index (χ1n) is 3.68. The molecule has 0 bridgehead atoms. The molecule has 0 unspecified atom stereocenters. The van der Waals surface area contributed by atoms with Gasteiger partial charge >= 0.3 is 0 Å². The fraction of sp³-hybridized carbons (Fsp3) is 0.125. The van der Waals surface area contributed by atoms with Crippen LogP contribution >= 0.6 is 22.9 Å². The van der Waals surface area contributed by atoms with Gasteiger partial charge in [-0.2, -0.15) is 0 Å². The van der Waals surface area contributed by atoms with Crippen LogP contribution in [0.1, 0.15) is 5.01 Å². The SMILES string of the molecule is Cc1nnc(-c2ncccc2Cl)s1. The predicted octanol–water partition coefficient (Wildman–Crippen LogP) is 2.56. The van der Waals surface area contributed by atoms with Gasteiger partial charge in [-0.05, 0) is 19.1 Å². The number of nitrogens with zero attached hydrogens (tertiary/aromatic N) is 3. The molecule has 0 atom stereocenters. The highest BCUT2D eigenvalue weighted by Gasteiger charge is 2.08. The van der Waals surface area contributed by atoms with Crippen molar-refractivity contribution in [3.05, 3.63) is 28.4 Å². The average molecular weight is 212 g/mol. The molecule has 0 aliphatic rings. The van der Waals surface area contributed by atoms with E-state index in [1.54, 1.807) is 18.3 Å². The van der Waals surface area contributed by atoms with Gasteiger partial charge in [-0.25, -0.2) is 0 Å². The minimum Gasteiger partial charge on any atom is -0.252 e. The van der Waals surface area contributed by atoms with E-state index < -0.39 is 0 Å². The average Bonchev–Trinajstić information content (AvgIpc) is 2.53. The Morgan fingerprint density at radius 3 is 2.85 bits per heavy atom. The molecule has 0 aliphatic carbocycles. The number of aryl methyl sites for hydroxylation is 1. The molecule has 3 nitrogen and oxygen atoms in total. The Labute approximate surface area is 84.4 Å². The third kappa shape index (κ3) is 1.68. The van der Waals surface area contributed by atoms with Crippen LogP contribution in [0.2, 0.25) is 5.02 Å². The van der Waals surface area contributed by atoms with Crippen molar-refractivity contribution in [3.8, 4) is 10.7 Å². The van der Waals surface area contributed by atoms with Gasteiger partial charge in [-0.1, -0.05) is 22.9 Å². The zero-order valence-corrected chi connectivity index (χ0v) is 8.43. The van der Waals surface area contributed by atoms with Crippen LogP contribution in [0.4, 0.5) is 0 Å². The second-order valence-electron chi connectivity index (χ2n) is 2.46. The first-order valence-corrected chi connectivity index (χ1v) is 4.88. The van der Waals surface area contributed by atoms with Crippen LogP contribution in [-0.2, 0) is 0 Å². The summed E-state index contributed by atoms with van der Waals surface area (Å²) in [5.41, 5.74) is 0.703. The van der Waals surface area contributed by atoms with E-state index >= 15 is 0 Å². The van der Waals surface area contributed by atoms with Crippen LogP contribution in [-0.4, -0.2) is 15.2 Å². The Morgan fingerprint density at radius 2 is 2.23 bits per heavy atom. The summed E-state index contributed by atoms with van der Waals surface area (Å²) in [6.45, 7) is 1.90. The molecule has 0 amide bonds. The fourth-order valence-electron chi connectivity index (χ4n) is 0.935. The van der Waals surface area contributed by atoms with Crippen LogP contribution in [0.15, 0.2) is 18.3 Å². The second-order valence-corrected chi connectivity index (χ2v) is 4.05. The van der Waals surface area contributed by atoms with Crippen molar-refractivity contribution in [3.63, 3.8) is 0 Å². The zero-order chi connectivity index (χ0) is 9.26. The third-order valence-electron chi connectivity index (χ3n) is 1.49. The van der Waals surface area contributed by atoms with Crippen LogP contribution in [0.25, 0.3) is 10.7 Å². The molecule has 0 aliphatic heterocycles.